The van der Waals surface area contributed by atoms with Gasteiger partial charge in [0.1, 0.15) is 10.8 Å². The zero-order chi connectivity index (χ0) is 18.6. The van der Waals surface area contributed by atoms with Gasteiger partial charge in [-0.25, -0.2) is 4.79 Å². The fourth-order valence-corrected chi connectivity index (χ4v) is 3.47. The lowest BCUT2D eigenvalue weighted by Crippen LogP contribution is -2.04. The van der Waals surface area contributed by atoms with Gasteiger partial charge in [-0.3, -0.25) is 4.79 Å². The maximum absolute atomic E-state index is 11.7. The number of carboxylic acids is 1. The van der Waals surface area contributed by atoms with E-state index in [9.17, 15) is 14.7 Å². The SMILES string of the molecule is COc1ccc(-c2sc(N/C=C/C(=O)C(C)C)c(C(=O)O)c2C)cc1. The second-order valence-electron chi connectivity index (χ2n) is 5.83. The number of methoxy groups -OCH3 is 1. The molecular formula is C19H21NO4S. The zero-order valence-corrected chi connectivity index (χ0v) is 15.4. The van der Waals surface area contributed by atoms with Crippen LogP contribution in [0.5, 0.6) is 5.75 Å². The van der Waals surface area contributed by atoms with Crippen LogP contribution in [0.1, 0.15) is 29.8 Å². The molecule has 0 amide bonds. The Morgan fingerprint density at radius 1 is 1.24 bits per heavy atom. The largest absolute Gasteiger partial charge is 0.497 e. The van der Waals surface area contributed by atoms with Crippen molar-refractivity contribution in [3.63, 3.8) is 0 Å². The van der Waals surface area contributed by atoms with Crippen molar-refractivity contribution in [1.82, 2.24) is 0 Å². The Labute approximate surface area is 151 Å². The molecule has 0 atom stereocenters. The summed E-state index contributed by atoms with van der Waals surface area (Å²) in [5, 5.41) is 13.0. The minimum Gasteiger partial charge on any atom is -0.497 e. The monoisotopic (exact) mass is 359 g/mol. The molecule has 0 unspecified atom stereocenters. The summed E-state index contributed by atoms with van der Waals surface area (Å²) in [7, 11) is 1.60. The maximum Gasteiger partial charge on any atom is 0.339 e. The van der Waals surface area contributed by atoms with E-state index in [1.807, 2.05) is 38.1 Å². The molecule has 6 heteroatoms. The van der Waals surface area contributed by atoms with E-state index < -0.39 is 5.97 Å². The fourth-order valence-electron chi connectivity index (χ4n) is 2.28. The van der Waals surface area contributed by atoms with Crippen LogP contribution >= 0.6 is 11.3 Å². The number of allylic oxidation sites excluding steroid dienone is 1. The van der Waals surface area contributed by atoms with Crippen LogP contribution in [0, 0.1) is 12.8 Å². The van der Waals surface area contributed by atoms with Gasteiger partial charge < -0.3 is 15.2 Å². The fraction of sp³-hybridized carbons (Fsp3) is 0.263. The molecule has 0 aliphatic carbocycles. The van der Waals surface area contributed by atoms with Crippen LogP contribution in [-0.2, 0) is 4.79 Å². The molecule has 2 N–H and O–H groups in total. The number of carboxylic acid groups (broad SMARTS) is 1. The number of aromatic carboxylic acids is 1. The van der Waals surface area contributed by atoms with Crippen molar-refractivity contribution >= 4 is 28.1 Å². The molecule has 1 aromatic carbocycles. The summed E-state index contributed by atoms with van der Waals surface area (Å²) in [5.41, 5.74) is 1.83. The molecule has 0 saturated heterocycles. The molecule has 1 heterocycles. The molecule has 0 radical (unpaired) electrons. The normalized spacial score (nSPS) is 11.1. The number of carbonyl (C=O) groups excluding carboxylic acids is 1. The number of hydrogen-bond donors (Lipinski definition) is 2. The van der Waals surface area contributed by atoms with Crippen molar-refractivity contribution in [2.75, 3.05) is 12.4 Å². The van der Waals surface area contributed by atoms with E-state index in [2.05, 4.69) is 5.32 Å². The van der Waals surface area contributed by atoms with E-state index in [4.69, 9.17) is 4.74 Å². The van der Waals surface area contributed by atoms with E-state index in [0.29, 0.717) is 10.6 Å². The van der Waals surface area contributed by atoms with E-state index in [1.165, 1.54) is 23.6 Å². The third-order valence-electron chi connectivity index (χ3n) is 3.74. The summed E-state index contributed by atoms with van der Waals surface area (Å²) in [6.45, 7) is 5.41. The lowest BCUT2D eigenvalue weighted by Gasteiger charge is -2.02. The molecule has 5 nitrogen and oxygen atoms in total. The minimum atomic E-state index is -1.00. The van der Waals surface area contributed by atoms with Gasteiger partial charge in [0.2, 0.25) is 0 Å². The Morgan fingerprint density at radius 2 is 1.88 bits per heavy atom. The predicted molar refractivity (Wildman–Crippen MR) is 101 cm³/mol. The average Bonchev–Trinajstić information content (AvgIpc) is 2.91. The van der Waals surface area contributed by atoms with E-state index in [-0.39, 0.29) is 17.3 Å². The van der Waals surface area contributed by atoms with Gasteiger partial charge in [0.05, 0.1) is 12.7 Å². The summed E-state index contributed by atoms with van der Waals surface area (Å²) >= 11 is 1.35. The van der Waals surface area contributed by atoms with Crippen LogP contribution in [-0.4, -0.2) is 24.0 Å². The summed E-state index contributed by atoms with van der Waals surface area (Å²) in [4.78, 5) is 24.2. The molecule has 0 aliphatic heterocycles. The lowest BCUT2D eigenvalue weighted by atomic mass is 10.1. The molecule has 0 aliphatic rings. The number of rotatable bonds is 7. The number of nitrogens with one attached hydrogen (secondary N) is 1. The molecule has 2 rings (SSSR count). The van der Waals surface area contributed by atoms with Gasteiger partial charge in [-0.05, 0) is 48.4 Å². The van der Waals surface area contributed by atoms with Crippen molar-refractivity contribution in [1.29, 1.82) is 0 Å². The molecule has 0 spiro atoms. The number of carbonyl (C=O) groups is 2. The van der Waals surface area contributed by atoms with Crippen LogP contribution < -0.4 is 10.1 Å². The summed E-state index contributed by atoms with van der Waals surface area (Å²) < 4.78 is 5.15. The summed E-state index contributed by atoms with van der Waals surface area (Å²) in [6.07, 6.45) is 2.93. The van der Waals surface area contributed by atoms with Crippen LogP contribution in [0.25, 0.3) is 10.4 Å². The van der Waals surface area contributed by atoms with Gasteiger partial charge in [-0.1, -0.05) is 13.8 Å². The highest BCUT2D eigenvalue weighted by atomic mass is 32.1. The first-order valence-corrected chi connectivity index (χ1v) is 8.64. The first-order chi connectivity index (χ1) is 11.8. The van der Waals surface area contributed by atoms with Crippen molar-refractivity contribution in [2.24, 2.45) is 5.92 Å². The number of hydrogen-bond acceptors (Lipinski definition) is 5. The molecule has 1 aromatic heterocycles. The van der Waals surface area contributed by atoms with Crippen molar-refractivity contribution in [3.05, 3.63) is 47.7 Å². The molecule has 0 saturated carbocycles. The van der Waals surface area contributed by atoms with Crippen molar-refractivity contribution < 1.29 is 19.4 Å². The van der Waals surface area contributed by atoms with Gasteiger partial charge in [-0.15, -0.1) is 11.3 Å². The number of ketones is 1. The van der Waals surface area contributed by atoms with E-state index in [0.717, 1.165) is 16.2 Å². The Hall–Kier alpha value is -2.60. The van der Waals surface area contributed by atoms with Gasteiger partial charge in [0, 0.05) is 17.0 Å². The highest BCUT2D eigenvalue weighted by molar-refractivity contribution is 7.20. The summed E-state index contributed by atoms with van der Waals surface area (Å²) in [6, 6.07) is 7.46. The van der Waals surface area contributed by atoms with Crippen LogP contribution in [0.2, 0.25) is 0 Å². The summed E-state index contributed by atoms with van der Waals surface area (Å²) in [5.74, 6) is -0.380. The van der Waals surface area contributed by atoms with Gasteiger partial charge >= 0.3 is 5.97 Å². The second kappa shape index (κ2) is 7.98. The minimum absolute atomic E-state index is 0.0203. The average molecular weight is 359 g/mol. The van der Waals surface area contributed by atoms with Crippen molar-refractivity contribution in [2.45, 2.75) is 20.8 Å². The molecular weight excluding hydrogens is 338 g/mol. The Morgan fingerprint density at radius 3 is 2.40 bits per heavy atom. The molecule has 0 fully saturated rings. The Balaban J connectivity index is 2.37. The van der Waals surface area contributed by atoms with Gasteiger partial charge in [0.25, 0.3) is 0 Å². The van der Waals surface area contributed by atoms with Gasteiger partial charge in [0.15, 0.2) is 5.78 Å². The second-order valence-corrected chi connectivity index (χ2v) is 6.85. The smallest absolute Gasteiger partial charge is 0.339 e. The highest BCUT2D eigenvalue weighted by Gasteiger charge is 2.21. The number of ether oxygens (including phenoxy) is 1. The standard InChI is InChI=1S/C19H21NO4S/c1-11(2)15(21)9-10-20-18-16(19(22)23)12(3)17(25-18)13-5-7-14(24-4)8-6-13/h5-11,20H,1-4H3,(H,22,23)/b10-9+. The molecule has 25 heavy (non-hydrogen) atoms. The van der Waals surface area contributed by atoms with Crippen LogP contribution in [0.15, 0.2) is 36.5 Å². The Kier molecular flexibility index (Phi) is 5.98. The predicted octanol–water partition coefficient (Wildman–Crippen LogP) is 4.58. The zero-order valence-electron chi connectivity index (χ0n) is 14.6. The number of benzene rings is 1. The Bertz CT molecular complexity index is 804. The highest BCUT2D eigenvalue weighted by Crippen LogP contribution is 2.40. The molecule has 132 valence electrons. The lowest BCUT2D eigenvalue weighted by molar-refractivity contribution is -0.117. The third-order valence-corrected chi connectivity index (χ3v) is 5.02. The van der Waals surface area contributed by atoms with E-state index >= 15 is 0 Å². The number of thiophene rings is 1. The number of anilines is 1. The van der Waals surface area contributed by atoms with Crippen molar-refractivity contribution in [3.8, 4) is 16.2 Å². The molecule has 2 aromatic rings. The maximum atomic E-state index is 11.7. The first-order valence-electron chi connectivity index (χ1n) is 7.83. The van der Waals surface area contributed by atoms with Crippen LogP contribution in [0.3, 0.4) is 0 Å². The van der Waals surface area contributed by atoms with E-state index in [1.54, 1.807) is 14.0 Å². The quantitative estimate of drug-likeness (QED) is 0.708. The third kappa shape index (κ3) is 4.28. The molecule has 0 bridgehead atoms. The van der Waals surface area contributed by atoms with Gasteiger partial charge in [-0.2, -0.15) is 0 Å². The topological polar surface area (TPSA) is 75.6 Å². The first kappa shape index (κ1) is 18.7. The van der Waals surface area contributed by atoms with Crippen LogP contribution in [0.4, 0.5) is 5.00 Å².